The van der Waals surface area contributed by atoms with Crippen LogP contribution >= 0.6 is 15.9 Å². The maximum Gasteiger partial charge on any atom is 0.233 e. The second-order valence-corrected chi connectivity index (χ2v) is 7.11. The monoisotopic (exact) mass is 404 g/mol. The molecule has 26 heavy (non-hydrogen) atoms. The normalized spacial score (nSPS) is 13.8. The molecule has 1 heterocycles. The fraction of sp³-hybridized carbons (Fsp3) is 0.0909. The van der Waals surface area contributed by atoms with E-state index in [2.05, 4.69) is 15.9 Å². The molecule has 0 unspecified atom stereocenters. The van der Waals surface area contributed by atoms with Gasteiger partial charge in [-0.25, -0.2) is 0 Å². The average Bonchev–Trinajstić information content (AvgIpc) is 2.80. The summed E-state index contributed by atoms with van der Waals surface area (Å²) in [7, 11) is 0. The lowest BCUT2D eigenvalue weighted by Crippen LogP contribution is -2.31. The van der Waals surface area contributed by atoms with Crippen molar-refractivity contribution in [2.45, 2.75) is 13.0 Å². The van der Waals surface area contributed by atoms with Gasteiger partial charge in [0, 0.05) is 4.47 Å². The van der Waals surface area contributed by atoms with Gasteiger partial charge in [-0.3, -0.25) is 9.79 Å². The maximum atomic E-state index is 13.1. The first kappa shape index (κ1) is 16.7. The van der Waals surface area contributed by atoms with Crippen LogP contribution < -0.4 is 4.90 Å². The fourth-order valence-corrected chi connectivity index (χ4v) is 3.36. The lowest BCUT2D eigenvalue weighted by molar-refractivity contribution is -0.117. The minimum Gasteiger partial charge on any atom is -0.306 e. The quantitative estimate of drug-likeness (QED) is 0.566. The average molecular weight is 405 g/mol. The second-order valence-electron chi connectivity index (χ2n) is 6.20. The third kappa shape index (κ3) is 3.46. The van der Waals surface area contributed by atoms with Gasteiger partial charge in [-0.1, -0.05) is 70.5 Å². The minimum atomic E-state index is 0.0560. The lowest BCUT2D eigenvalue weighted by atomic mass is 10.1. The zero-order valence-corrected chi connectivity index (χ0v) is 15.7. The summed E-state index contributed by atoms with van der Waals surface area (Å²) in [5.41, 5.74) is 4.55. The Morgan fingerprint density at radius 3 is 2.35 bits per heavy atom. The van der Waals surface area contributed by atoms with Crippen LogP contribution in [0.2, 0.25) is 0 Å². The van der Waals surface area contributed by atoms with Crippen LogP contribution in [0.25, 0.3) is 0 Å². The second kappa shape index (κ2) is 7.26. The highest BCUT2D eigenvalue weighted by Crippen LogP contribution is 2.34. The summed E-state index contributed by atoms with van der Waals surface area (Å²) >= 11 is 3.45. The van der Waals surface area contributed by atoms with E-state index in [1.807, 2.05) is 83.8 Å². The van der Waals surface area contributed by atoms with Crippen molar-refractivity contribution >= 4 is 38.9 Å². The molecule has 0 saturated heterocycles. The summed E-state index contributed by atoms with van der Waals surface area (Å²) in [4.78, 5) is 19.7. The molecule has 3 aromatic rings. The first-order valence-corrected chi connectivity index (χ1v) is 9.27. The van der Waals surface area contributed by atoms with Gasteiger partial charge < -0.3 is 4.90 Å². The molecule has 3 aromatic carbocycles. The van der Waals surface area contributed by atoms with Crippen molar-refractivity contribution in [3.05, 3.63) is 94.5 Å². The number of rotatable bonds is 3. The van der Waals surface area contributed by atoms with E-state index in [0.717, 1.165) is 32.7 Å². The highest BCUT2D eigenvalue weighted by atomic mass is 79.9. The van der Waals surface area contributed by atoms with Crippen molar-refractivity contribution in [2.24, 2.45) is 4.99 Å². The lowest BCUT2D eigenvalue weighted by Gasteiger charge is -2.22. The van der Waals surface area contributed by atoms with Gasteiger partial charge in [0.25, 0.3) is 0 Å². The van der Waals surface area contributed by atoms with E-state index in [4.69, 9.17) is 4.99 Å². The summed E-state index contributed by atoms with van der Waals surface area (Å²) in [6.07, 6.45) is 0.281. The molecule has 0 aliphatic carbocycles. The number of para-hydroxylation sites is 2. The van der Waals surface area contributed by atoms with E-state index in [-0.39, 0.29) is 12.3 Å². The van der Waals surface area contributed by atoms with Crippen molar-refractivity contribution in [3.63, 3.8) is 0 Å². The summed E-state index contributed by atoms with van der Waals surface area (Å²) in [5, 5.41) is 0. The number of hydrogen-bond acceptors (Lipinski definition) is 2. The highest BCUT2D eigenvalue weighted by molar-refractivity contribution is 9.10. The minimum absolute atomic E-state index is 0.0560. The van der Waals surface area contributed by atoms with Crippen LogP contribution in [0.3, 0.4) is 0 Å². The fourth-order valence-electron chi connectivity index (χ4n) is 3.09. The smallest absolute Gasteiger partial charge is 0.233 e. The Morgan fingerprint density at radius 2 is 1.58 bits per heavy atom. The summed E-state index contributed by atoms with van der Waals surface area (Å²) in [6, 6.07) is 25.8. The van der Waals surface area contributed by atoms with E-state index in [1.165, 1.54) is 0 Å². The molecule has 0 fully saturated rings. The van der Waals surface area contributed by atoms with E-state index >= 15 is 0 Å². The molecular formula is C22H17BrN2O. The van der Waals surface area contributed by atoms with Gasteiger partial charge in [0.1, 0.15) is 0 Å². The molecule has 0 bridgehead atoms. The number of benzene rings is 3. The molecule has 0 aromatic heterocycles. The molecule has 4 rings (SSSR count). The molecule has 3 nitrogen and oxygen atoms in total. The van der Waals surface area contributed by atoms with Crippen LogP contribution in [-0.2, 0) is 11.3 Å². The third-order valence-electron chi connectivity index (χ3n) is 4.41. The standard InChI is InChI=1S/C22H17BrN2O/c23-18-12-10-17(11-13-18)20-14-22(26)25(15-16-6-2-1-3-7-16)21-9-5-4-8-19(21)24-20/h1-13H,14-15H2. The Balaban J connectivity index is 1.74. The summed E-state index contributed by atoms with van der Waals surface area (Å²) in [5.74, 6) is 0.0560. The zero-order chi connectivity index (χ0) is 17.9. The van der Waals surface area contributed by atoms with Crippen molar-refractivity contribution in [3.8, 4) is 0 Å². The molecule has 0 saturated carbocycles. The van der Waals surface area contributed by atoms with Gasteiger partial charge in [-0.2, -0.15) is 0 Å². The molecule has 0 atom stereocenters. The molecule has 0 radical (unpaired) electrons. The summed E-state index contributed by atoms with van der Waals surface area (Å²) in [6.45, 7) is 0.541. The molecular weight excluding hydrogens is 388 g/mol. The molecule has 1 aliphatic rings. The predicted molar refractivity (Wildman–Crippen MR) is 109 cm³/mol. The number of anilines is 1. The van der Waals surface area contributed by atoms with Gasteiger partial charge in [-0.15, -0.1) is 0 Å². The number of aliphatic imine (C=N–C) groups is 1. The van der Waals surface area contributed by atoms with Crippen molar-refractivity contribution in [2.75, 3.05) is 4.90 Å². The van der Waals surface area contributed by atoms with E-state index < -0.39 is 0 Å². The molecule has 4 heteroatoms. The Labute approximate surface area is 161 Å². The molecule has 128 valence electrons. The Kier molecular flexibility index (Phi) is 4.67. The molecule has 1 amide bonds. The van der Waals surface area contributed by atoms with Gasteiger partial charge in [0.2, 0.25) is 5.91 Å². The van der Waals surface area contributed by atoms with Crippen LogP contribution in [0.4, 0.5) is 11.4 Å². The third-order valence-corrected chi connectivity index (χ3v) is 4.94. The van der Waals surface area contributed by atoms with Crippen LogP contribution in [0.5, 0.6) is 0 Å². The van der Waals surface area contributed by atoms with E-state index in [9.17, 15) is 4.79 Å². The molecule has 0 N–H and O–H groups in total. The van der Waals surface area contributed by atoms with E-state index in [0.29, 0.717) is 6.54 Å². The first-order valence-electron chi connectivity index (χ1n) is 8.47. The van der Waals surface area contributed by atoms with Gasteiger partial charge in [0.15, 0.2) is 0 Å². The molecule has 1 aliphatic heterocycles. The largest absolute Gasteiger partial charge is 0.306 e. The Bertz CT molecular complexity index is 965. The number of amides is 1. The number of halogens is 1. The number of carbonyl (C=O) groups excluding carboxylic acids is 1. The molecule has 0 spiro atoms. The topological polar surface area (TPSA) is 32.7 Å². The highest BCUT2D eigenvalue weighted by Gasteiger charge is 2.24. The van der Waals surface area contributed by atoms with Crippen molar-refractivity contribution in [1.82, 2.24) is 0 Å². The van der Waals surface area contributed by atoms with Crippen molar-refractivity contribution < 1.29 is 4.79 Å². The summed E-state index contributed by atoms with van der Waals surface area (Å²) < 4.78 is 1.01. The van der Waals surface area contributed by atoms with Crippen molar-refractivity contribution in [1.29, 1.82) is 0 Å². The Morgan fingerprint density at radius 1 is 0.885 bits per heavy atom. The maximum absolute atomic E-state index is 13.1. The van der Waals surface area contributed by atoms with Gasteiger partial charge >= 0.3 is 0 Å². The number of hydrogen-bond donors (Lipinski definition) is 0. The van der Waals surface area contributed by atoms with E-state index in [1.54, 1.807) is 0 Å². The number of fused-ring (bicyclic) bond motifs is 1. The SMILES string of the molecule is O=C1CC(c2ccc(Br)cc2)=Nc2ccccc2N1Cc1ccccc1. The predicted octanol–water partition coefficient (Wildman–Crippen LogP) is 5.51. The zero-order valence-electron chi connectivity index (χ0n) is 14.1. The van der Waals surface area contributed by atoms with Crippen LogP contribution in [-0.4, -0.2) is 11.6 Å². The van der Waals surface area contributed by atoms with Crippen LogP contribution in [0, 0.1) is 0 Å². The van der Waals surface area contributed by atoms with Gasteiger partial charge in [0.05, 0.1) is 30.1 Å². The van der Waals surface area contributed by atoms with Crippen LogP contribution in [0.15, 0.2) is 88.3 Å². The van der Waals surface area contributed by atoms with Gasteiger partial charge in [-0.05, 0) is 35.4 Å². The Hall–Kier alpha value is -2.72. The number of nitrogens with zero attached hydrogens (tertiary/aromatic N) is 2. The first-order chi connectivity index (χ1) is 12.7. The number of carbonyl (C=O) groups is 1. The van der Waals surface area contributed by atoms with Crippen LogP contribution in [0.1, 0.15) is 17.5 Å².